The lowest BCUT2D eigenvalue weighted by Gasteiger charge is -2.19. The van der Waals surface area contributed by atoms with Gasteiger partial charge >= 0.3 is 0 Å². The number of hydrogen-bond acceptors (Lipinski definition) is 3. The zero-order valence-corrected chi connectivity index (χ0v) is 8.48. The fourth-order valence-corrected chi connectivity index (χ4v) is 1.75. The van der Waals surface area contributed by atoms with E-state index >= 15 is 0 Å². The molecule has 1 saturated carbocycles. The van der Waals surface area contributed by atoms with E-state index in [1.807, 2.05) is 0 Å². The Bertz CT molecular complexity index is 266. The van der Waals surface area contributed by atoms with Crippen LogP contribution in [0.4, 0.5) is 0 Å². The van der Waals surface area contributed by atoms with Gasteiger partial charge in [-0.2, -0.15) is 0 Å². The molecular formula is C7H16N2O2S. The standard InChI is InChI=1S/C7H16N2O2S/c1-7(2,3)12(10,11)9-6-4-5(6)8/h5-6,9H,4,8H2,1-3H3. The third kappa shape index (κ3) is 1.97. The van der Waals surface area contributed by atoms with Crippen molar-refractivity contribution in [2.45, 2.75) is 44.0 Å². The van der Waals surface area contributed by atoms with Crippen LogP contribution < -0.4 is 10.5 Å². The van der Waals surface area contributed by atoms with E-state index in [1.165, 1.54) is 0 Å². The molecule has 1 fully saturated rings. The van der Waals surface area contributed by atoms with Gasteiger partial charge in [-0.3, -0.25) is 0 Å². The Balaban J connectivity index is 2.62. The molecule has 0 radical (unpaired) electrons. The highest BCUT2D eigenvalue weighted by Crippen LogP contribution is 2.22. The lowest BCUT2D eigenvalue weighted by molar-refractivity contribution is 0.543. The summed E-state index contributed by atoms with van der Waals surface area (Å²) in [6.07, 6.45) is 0.759. The molecule has 0 aromatic carbocycles. The molecule has 0 aromatic heterocycles. The van der Waals surface area contributed by atoms with Crippen LogP contribution in [0.15, 0.2) is 0 Å². The normalized spacial score (nSPS) is 30.3. The topological polar surface area (TPSA) is 72.2 Å². The minimum absolute atomic E-state index is 0.0159. The SMILES string of the molecule is CC(C)(C)S(=O)(=O)NC1CC1N. The van der Waals surface area contributed by atoms with Crippen molar-refractivity contribution in [3.05, 3.63) is 0 Å². The fourth-order valence-electron chi connectivity index (χ4n) is 0.726. The van der Waals surface area contributed by atoms with Crippen molar-refractivity contribution in [1.29, 1.82) is 0 Å². The number of nitrogens with two attached hydrogens (primary N) is 1. The highest BCUT2D eigenvalue weighted by Gasteiger charge is 2.40. The van der Waals surface area contributed by atoms with E-state index in [-0.39, 0.29) is 12.1 Å². The number of nitrogens with one attached hydrogen (secondary N) is 1. The number of rotatable bonds is 2. The maximum atomic E-state index is 11.5. The third-order valence-corrected chi connectivity index (χ3v) is 4.18. The molecule has 0 heterocycles. The minimum atomic E-state index is -3.20. The van der Waals surface area contributed by atoms with Crippen LogP contribution in [0.5, 0.6) is 0 Å². The van der Waals surface area contributed by atoms with Gasteiger partial charge in [-0.25, -0.2) is 13.1 Å². The predicted octanol–water partition coefficient (Wildman–Crippen LogP) is -0.196. The van der Waals surface area contributed by atoms with Gasteiger partial charge in [-0.05, 0) is 27.2 Å². The summed E-state index contributed by atoms with van der Waals surface area (Å²) in [5, 5.41) is 0. The monoisotopic (exact) mass is 192 g/mol. The molecule has 0 aromatic rings. The molecule has 3 N–H and O–H groups in total. The Morgan fingerprint density at radius 1 is 1.42 bits per heavy atom. The summed E-state index contributed by atoms with van der Waals surface area (Å²) >= 11 is 0. The summed E-state index contributed by atoms with van der Waals surface area (Å²) in [5.41, 5.74) is 5.49. The summed E-state index contributed by atoms with van der Waals surface area (Å²) in [5.74, 6) is 0. The largest absolute Gasteiger partial charge is 0.326 e. The second-order valence-corrected chi connectivity index (χ2v) is 6.71. The Morgan fingerprint density at radius 2 is 1.83 bits per heavy atom. The van der Waals surface area contributed by atoms with Crippen molar-refractivity contribution in [2.24, 2.45) is 5.73 Å². The summed E-state index contributed by atoms with van der Waals surface area (Å²) in [6, 6.07) is -0.0173. The first-order chi connectivity index (χ1) is 5.24. The van der Waals surface area contributed by atoms with E-state index in [0.717, 1.165) is 6.42 Å². The molecule has 5 heteroatoms. The Labute approximate surface area is 73.6 Å². The van der Waals surface area contributed by atoms with Crippen molar-refractivity contribution in [1.82, 2.24) is 4.72 Å². The molecule has 1 rings (SSSR count). The van der Waals surface area contributed by atoms with Gasteiger partial charge in [0, 0.05) is 12.1 Å². The maximum Gasteiger partial charge on any atom is 0.216 e. The van der Waals surface area contributed by atoms with Crippen LogP contribution in [-0.2, 0) is 10.0 Å². The van der Waals surface area contributed by atoms with E-state index in [0.29, 0.717) is 0 Å². The van der Waals surface area contributed by atoms with Gasteiger partial charge in [-0.1, -0.05) is 0 Å². The molecule has 4 nitrogen and oxygen atoms in total. The molecule has 2 atom stereocenters. The molecule has 0 bridgehead atoms. The van der Waals surface area contributed by atoms with Gasteiger partial charge < -0.3 is 5.73 Å². The summed E-state index contributed by atoms with van der Waals surface area (Å²) in [6.45, 7) is 5.01. The van der Waals surface area contributed by atoms with Crippen LogP contribution >= 0.6 is 0 Å². The van der Waals surface area contributed by atoms with Crippen molar-refractivity contribution < 1.29 is 8.42 Å². The van der Waals surface area contributed by atoms with Crippen LogP contribution in [0.1, 0.15) is 27.2 Å². The Kier molecular flexibility index (Phi) is 2.22. The molecule has 12 heavy (non-hydrogen) atoms. The zero-order chi connectivity index (χ0) is 9.57. The Hall–Kier alpha value is -0.130. The van der Waals surface area contributed by atoms with E-state index in [2.05, 4.69) is 4.72 Å². The van der Waals surface area contributed by atoms with Crippen molar-refractivity contribution in [3.8, 4) is 0 Å². The van der Waals surface area contributed by atoms with E-state index < -0.39 is 14.8 Å². The number of hydrogen-bond donors (Lipinski definition) is 2. The van der Waals surface area contributed by atoms with E-state index in [1.54, 1.807) is 20.8 Å². The van der Waals surface area contributed by atoms with Crippen molar-refractivity contribution in [2.75, 3.05) is 0 Å². The fraction of sp³-hybridized carbons (Fsp3) is 1.00. The zero-order valence-electron chi connectivity index (χ0n) is 7.66. The Morgan fingerprint density at radius 3 is 2.08 bits per heavy atom. The molecule has 0 spiro atoms. The molecule has 72 valence electrons. The second kappa shape index (κ2) is 2.68. The lowest BCUT2D eigenvalue weighted by Crippen LogP contribution is -2.41. The smallest absolute Gasteiger partial charge is 0.216 e. The summed E-state index contributed by atoms with van der Waals surface area (Å²) in [7, 11) is -3.20. The first-order valence-corrected chi connectivity index (χ1v) is 5.50. The van der Waals surface area contributed by atoms with E-state index in [4.69, 9.17) is 5.73 Å². The second-order valence-electron chi connectivity index (χ2n) is 4.24. The highest BCUT2D eigenvalue weighted by atomic mass is 32.2. The van der Waals surface area contributed by atoms with Gasteiger partial charge in [-0.15, -0.1) is 0 Å². The summed E-state index contributed by atoms with van der Waals surface area (Å²) in [4.78, 5) is 0. The molecular weight excluding hydrogens is 176 g/mol. The minimum Gasteiger partial charge on any atom is -0.326 e. The van der Waals surface area contributed by atoms with Crippen molar-refractivity contribution in [3.63, 3.8) is 0 Å². The predicted molar refractivity (Wildman–Crippen MR) is 48.2 cm³/mol. The van der Waals surface area contributed by atoms with Gasteiger partial charge in [0.15, 0.2) is 0 Å². The van der Waals surface area contributed by atoms with Crippen LogP contribution in [0.3, 0.4) is 0 Å². The van der Waals surface area contributed by atoms with Gasteiger partial charge in [0.05, 0.1) is 4.75 Å². The van der Waals surface area contributed by atoms with Gasteiger partial charge in [0.25, 0.3) is 0 Å². The lowest BCUT2D eigenvalue weighted by atomic mass is 10.3. The molecule has 1 aliphatic carbocycles. The van der Waals surface area contributed by atoms with Crippen LogP contribution in [-0.4, -0.2) is 25.2 Å². The quantitative estimate of drug-likeness (QED) is 0.636. The van der Waals surface area contributed by atoms with Crippen LogP contribution in [0, 0.1) is 0 Å². The van der Waals surface area contributed by atoms with Gasteiger partial charge in [0.2, 0.25) is 10.0 Å². The maximum absolute atomic E-state index is 11.5. The summed E-state index contributed by atoms with van der Waals surface area (Å²) < 4.78 is 24.8. The third-order valence-electron chi connectivity index (χ3n) is 1.95. The molecule has 0 aliphatic heterocycles. The van der Waals surface area contributed by atoms with Crippen LogP contribution in [0.25, 0.3) is 0 Å². The van der Waals surface area contributed by atoms with Gasteiger partial charge in [0.1, 0.15) is 0 Å². The van der Waals surface area contributed by atoms with Crippen LogP contribution in [0.2, 0.25) is 0 Å². The first kappa shape index (κ1) is 9.95. The highest BCUT2D eigenvalue weighted by molar-refractivity contribution is 7.90. The number of sulfonamides is 1. The van der Waals surface area contributed by atoms with Crippen molar-refractivity contribution >= 4 is 10.0 Å². The molecule has 1 aliphatic rings. The average Bonchev–Trinajstić information content (AvgIpc) is 2.41. The first-order valence-electron chi connectivity index (χ1n) is 4.01. The average molecular weight is 192 g/mol. The molecule has 0 amide bonds. The molecule has 2 unspecified atom stereocenters. The molecule has 0 saturated heterocycles. The van der Waals surface area contributed by atoms with E-state index in [9.17, 15) is 8.42 Å².